The van der Waals surface area contributed by atoms with Crippen molar-refractivity contribution >= 4 is 21.4 Å². The number of thiophene rings is 1. The second-order valence-electron chi connectivity index (χ2n) is 5.40. The van der Waals surface area contributed by atoms with E-state index in [4.69, 9.17) is 0 Å². The highest BCUT2D eigenvalue weighted by Gasteiger charge is 2.27. The summed E-state index contributed by atoms with van der Waals surface area (Å²) >= 11 is 1.45. The van der Waals surface area contributed by atoms with E-state index in [-0.39, 0.29) is 17.5 Å². The Hall–Kier alpha value is -1.22. The Morgan fingerprint density at radius 2 is 2.24 bits per heavy atom. The summed E-state index contributed by atoms with van der Waals surface area (Å²) in [6, 6.07) is 1.77. The van der Waals surface area contributed by atoms with E-state index in [1.54, 1.807) is 18.4 Å². The number of rotatable bonds is 6. The van der Waals surface area contributed by atoms with Gasteiger partial charge in [0, 0.05) is 12.5 Å². The zero-order chi connectivity index (χ0) is 15.7. The van der Waals surface area contributed by atoms with E-state index in [1.165, 1.54) is 17.5 Å². The van der Waals surface area contributed by atoms with E-state index in [2.05, 4.69) is 14.7 Å². The van der Waals surface area contributed by atoms with E-state index >= 15 is 0 Å². The number of aliphatic hydroxyl groups is 1. The third kappa shape index (κ3) is 3.70. The van der Waals surface area contributed by atoms with Crippen LogP contribution in [0, 0.1) is 0 Å². The highest BCUT2D eigenvalue weighted by Crippen LogP contribution is 2.23. The summed E-state index contributed by atoms with van der Waals surface area (Å²) in [4.78, 5) is 6.82. The monoisotopic (exact) mass is 329 g/mol. The molecule has 0 aliphatic carbocycles. The van der Waals surface area contributed by atoms with Crippen LogP contribution in [0.25, 0.3) is 0 Å². The van der Waals surface area contributed by atoms with Gasteiger partial charge in [-0.25, -0.2) is 18.1 Å². The SMILES string of the molecule is CC(C)c1ncc(S(=O)(=O)NC[C@@](C)(O)c2ccsc2)[nH]1. The average molecular weight is 329 g/mol. The van der Waals surface area contributed by atoms with E-state index in [0.29, 0.717) is 11.4 Å². The molecule has 21 heavy (non-hydrogen) atoms. The third-order valence-corrected chi connectivity index (χ3v) is 5.15. The van der Waals surface area contributed by atoms with Crippen molar-refractivity contribution < 1.29 is 13.5 Å². The maximum Gasteiger partial charge on any atom is 0.257 e. The van der Waals surface area contributed by atoms with Crippen molar-refractivity contribution in [2.75, 3.05) is 6.54 Å². The number of hydrogen-bond donors (Lipinski definition) is 3. The fraction of sp³-hybridized carbons (Fsp3) is 0.462. The van der Waals surface area contributed by atoms with E-state index in [1.807, 2.05) is 19.2 Å². The van der Waals surface area contributed by atoms with Gasteiger partial charge in [-0.2, -0.15) is 11.3 Å². The fourth-order valence-electron chi connectivity index (χ4n) is 1.74. The molecule has 0 spiro atoms. The molecule has 2 aromatic rings. The van der Waals surface area contributed by atoms with Gasteiger partial charge in [0.1, 0.15) is 11.4 Å². The van der Waals surface area contributed by atoms with Gasteiger partial charge in [0.05, 0.1) is 6.20 Å². The second-order valence-corrected chi connectivity index (χ2v) is 7.91. The van der Waals surface area contributed by atoms with Gasteiger partial charge in [-0.3, -0.25) is 0 Å². The summed E-state index contributed by atoms with van der Waals surface area (Å²) in [5.74, 6) is 0.725. The number of hydrogen-bond acceptors (Lipinski definition) is 5. The van der Waals surface area contributed by atoms with Crippen molar-refractivity contribution in [3.05, 3.63) is 34.4 Å². The lowest BCUT2D eigenvalue weighted by molar-refractivity contribution is 0.0632. The van der Waals surface area contributed by atoms with Crippen LogP contribution in [0.3, 0.4) is 0 Å². The molecule has 0 fully saturated rings. The zero-order valence-electron chi connectivity index (χ0n) is 12.1. The van der Waals surface area contributed by atoms with Crippen LogP contribution in [0.4, 0.5) is 0 Å². The molecule has 0 amide bonds. The van der Waals surface area contributed by atoms with Crippen LogP contribution in [-0.4, -0.2) is 30.0 Å². The number of sulfonamides is 1. The van der Waals surface area contributed by atoms with Crippen LogP contribution in [0.1, 0.15) is 38.1 Å². The number of imidazole rings is 1. The second kappa shape index (κ2) is 5.88. The number of H-pyrrole nitrogens is 1. The smallest absolute Gasteiger partial charge is 0.257 e. The molecule has 0 aliphatic heterocycles. The summed E-state index contributed by atoms with van der Waals surface area (Å²) in [6.45, 7) is 5.31. The molecule has 0 bridgehead atoms. The molecule has 2 aromatic heterocycles. The first-order valence-corrected chi connectivity index (χ1v) is 8.94. The topological polar surface area (TPSA) is 95.1 Å². The summed E-state index contributed by atoms with van der Waals surface area (Å²) in [5, 5.41) is 14.0. The molecule has 2 heterocycles. The van der Waals surface area contributed by atoms with E-state index < -0.39 is 15.6 Å². The summed E-state index contributed by atoms with van der Waals surface area (Å²) in [6.07, 6.45) is 1.29. The van der Waals surface area contributed by atoms with Crippen molar-refractivity contribution in [2.45, 2.75) is 37.3 Å². The van der Waals surface area contributed by atoms with Gasteiger partial charge in [0.25, 0.3) is 10.0 Å². The lowest BCUT2D eigenvalue weighted by Crippen LogP contribution is -2.38. The molecule has 2 rings (SSSR count). The van der Waals surface area contributed by atoms with Gasteiger partial charge in [-0.05, 0) is 29.3 Å². The largest absolute Gasteiger partial charge is 0.384 e. The summed E-state index contributed by atoms with van der Waals surface area (Å²) in [7, 11) is -3.72. The summed E-state index contributed by atoms with van der Waals surface area (Å²) in [5.41, 5.74) is -0.573. The number of nitrogens with one attached hydrogen (secondary N) is 2. The van der Waals surface area contributed by atoms with Crippen molar-refractivity contribution in [3.8, 4) is 0 Å². The maximum absolute atomic E-state index is 12.2. The molecule has 0 aromatic carbocycles. The first-order chi connectivity index (χ1) is 9.72. The average Bonchev–Trinajstić information content (AvgIpc) is 3.07. The Kier molecular flexibility index (Phi) is 4.52. The fourth-order valence-corrected chi connectivity index (χ4v) is 3.58. The Morgan fingerprint density at radius 3 is 2.76 bits per heavy atom. The van der Waals surface area contributed by atoms with Crippen LogP contribution in [0.5, 0.6) is 0 Å². The maximum atomic E-state index is 12.2. The zero-order valence-corrected chi connectivity index (χ0v) is 13.8. The Morgan fingerprint density at radius 1 is 1.52 bits per heavy atom. The van der Waals surface area contributed by atoms with Gasteiger partial charge in [-0.15, -0.1) is 0 Å². The van der Waals surface area contributed by atoms with Gasteiger partial charge in [-0.1, -0.05) is 13.8 Å². The minimum Gasteiger partial charge on any atom is -0.384 e. The lowest BCUT2D eigenvalue weighted by Gasteiger charge is -2.22. The Labute approximate surface area is 128 Å². The highest BCUT2D eigenvalue weighted by molar-refractivity contribution is 7.89. The molecule has 3 N–H and O–H groups in total. The van der Waals surface area contributed by atoms with E-state index in [9.17, 15) is 13.5 Å². The Bertz CT molecular complexity index is 688. The number of nitrogens with zero attached hydrogens (tertiary/aromatic N) is 1. The van der Waals surface area contributed by atoms with Crippen molar-refractivity contribution in [1.82, 2.24) is 14.7 Å². The van der Waals surface area contributed by atoms with Crippen molar-refractivity contribution in [3.63, 3.8) is 0 Å². The predicted molar refractivity (Wildman–Crippen MR) is 81.8 cm³/mol. The van der Waals surface area contributed by atoms with Crippen LogP contribution in [0.2, 0.25) is 0 Å². The minimum atomic E-state index is -3.72. The van der Waals surface area contributed by atoms with Crippen LogP contribution >= 0.6 is 11.3 Å². The highest BCUT2D eigenvalue weighted by atomic mass is 32.2. The molecule has 0 saturated carbocycles. The molecular formula is C13H19N3O3S2. The molecule has 116 valence electrons. The molecule has 0 unspecified atom stereocenters. The van der Waals surface area contributed by atoms with Gasteiger partial charge >= 0.3 is 0 Å². The first kappa shape index (κ1) is 16.2. The van der Waals surface area contributed by atoms with Crippen LogP contribution in [-0.2, 0) is 15.6 Å². The number of aromatic nitrogens is 2. The van der Waals surface area contributed by atoms with Crippen molar-refractivity contribution in [1.29, 1.82) is 0 Å². The standard InChI is InChI=1S/C13H19N3O3S2/c1-9(2)12-14-6-11(16-12)21(18,19)15-8-13(3,17)10-4-5-20-7-10/h4-7,9,15,17H,8H2,1-3H3,(H,14,16)/t13-/m1/s1. The summed E-state index contributed by atoms with van der Waals surface area (Å²) < 4.78 is 26.8. The molecule has 0 aliphatic rings. The van der Waals surface area contributed by atoms with Gasteiger partial charge < -0.3 is 10.1 Å². The van der Waals surface area contributed by atoms with Gasteiger partial charge in [0.15, 0.2) is 5.03 Å². The third-order valence-electron chi connectivity index (χ3n) is 3.16. The molecule has 8 heteroatoms. The quantitative estimate of drug-likeness (QED) is 0.753. The first-order valence-electron chi connectivity index (χ1n) is 6.52. The minimum absolute atomic E-state index is 0.00678. The molecular weight excluding hydrogens is 310 g/mol. The molecule has 0 saturated heterocycles. The normalized spacial score (nSPS) is 15.3. The van der Waals surface area contributed by atoms with Gasteiger partial charge in [0.2, 0.25) is 0 Å². The predicted octanol–water partition coefficient (Wildman–Crippen LogP) is 1.78. The van der Waals surface area contributed by atoms with E-state index in [0.717, 1.165) is 0 Å². The van der Waals surface area contributed by atoms with Crippen molar-refractivity contribution in [2.24, 2.45) is 0 Å². The lowest BCUT2D eigenvalue weighted by atomic mass is 10.0. The molecule has 6 nitrogen and oxygen atoms in total. The number of aromatic amines is 1. The van der Waals surface area contributed by atoms with Crippen LogP contribution in [0.15, 0.2) is 28.0 Å². The van der Waals surface area contributed by atoms with Crippen LogP contribution < -0.4 is 4.72 Å². The Balaban J connectivity index is 2.11. The molecule has 1 atom stereocenters. The molecule has 0 radical (unpaired) electrons.